The van der Waals surface area contributed by atoms with Crippen LogP contribution in [0.15, 0.2) is 47.4 Å². The van der Waals surface area contributed by atoms with Crippen molar-refractivity contribution in [1.29, 1.82) is 0 Å². The van der Waals surface area contributed by atoms with Gasteiger partial charge in [-0.2, -0.15) is 4.31 Å². The second-order valence-electron chi connectivity index (χ2n) is 6.13. The first-order valence-electron chi connectivity index (χ1n) is 8.59. The zero-order valence-electron chi connectivity index (χ0n) is 15.9. The lowest BCUT2D eigenvalue weighted by Gasteiger charge is -2.20. The predicted octanol–water partition coefficient (Wildman–Crippen LogP) is 3.69. The number of carbonyl (C=O) groups excluding carboxylic acids is 1. The van der Waals surface area contributed by atoms with Crippen molar-refractivity contribution in [3.8, 4) is 0 Å². The van der Waals surface area contributed by atoms with Gasteiger partial charge in [-0.05, 0) is 36.4 Å². The molecule has 0 aromatic heterocycles. The quantitative estimate of drug-likeness (QED) is 0.757. The normalized spacial score (nSPS) is 11.5. The fourth-order valence-electron chi connectivity index (χ4n) is 2.61. The molecule has 0 heterocycles. The van der Waals surface area contributed by atoms with Crippen molar-refractivity contribution in [3.63, 3.8) is 0 Å². The van der Waals surface area contributed by atoms with E-state index in [9.17, 15) is 13.2 Å². The minimum Gasteiger partial charge on any atom is -0.378 e. The van der Waals surface area contributed by atoms with Crippen LogP contribution in [-0.2, 0) is 10.0 Å². The molecular formula is C19H24ClN3O3S. The predicted molar refractivity (Wildman–Crippen MR) is 110 cm³/mol. The zero-order valence-corrected chi connectivity index (χ0v) is 17.4. The highest BCUT2D eigenvalue weighted by atomic mass is 35.5. The van der Waals surface area contributed by atoms with E-state index in [0.29, 0.717) is 24.3 Å². The van der Waals surface area contributed by atoms with Crippen molar-refractivity contribution in [2.24, 2.45) is 0 Å². The number of benzene rings is 2. The van der Waals surface area contributed by atoms with Crippen LogP contribution < -0.4 is 10.2 Å². The standard InChI is InChI=1S/C19H24ClN3O3S/c1-5-23(6-2)27(25,26)18-13-15(10-11-17(18)20)21-19(24)14-8-7-9-16(12-14)22(3)4/h7-13H,5-6H2,1-4H3,(H,21,24). The Labute approximate surface area is 165 Å². The molecule has 8 heteroatoms. The molecule has 0 atom stereocenters. The van der Waals surface area contributed by atoms with Gasteiger partial charge in [0.25, 0.3) is 5.91 Å². The molecule has 0 fully saturated rings. The number of halogens is 1. The van der Waals surface area contributed by atoms with E-state index in [0.717, 1.165) is 5.69 Å². The number of amides is 1. The maximum atomic E-state index is 12.8. The number of hydrogen-bond acceptors (Lipinski definition) is 4. The lowest BCUT2D eigenvalue weighted by atomic mass is 10.1. The molecule has 2 aromatic rings. The van der Waals surface area contributed by atoms with Gasteiger partial charge in [-0.3, -0.25) is 4.79 Å². The number of hydrogen-bond donors (Lipinski definition) is 1. The summed E-state index contributed by atoms with van der Waals surface area (Å²) in [6, 6.07) is 11.6. The summed E-state index contributed by atoms with van der Waals surface area (Å²) in [5, 5.41) is 2.86. The Morgan fingerprint density at radius 2 is 1.74 bits per heavy atom. The second kappa shape index (κ2) is 8.73. The average molecular weight is 410 g/mol. The SMILES string of the molecule is CCN(CC)S(=O)(=O)c1cc(NC(=O)c2cccc(N(C)C)c2)ccc1Cl. The molecule has 0 saturated carbocycles. The molecule has 0 spiro atoms. The number of anilines is 2. The molecule has 1 amide bonds. The third-order valence-corrected chi connectivity index (χ3v) is 6.67. The van der Waals surface area contributed by atoms with Gasteiger partial charge in [-0.1, -0.05) is 31.5 Å². The summed E-state index contributed by atoms with van der Waals surface area (Å²) in [5.41, 5.74) is 1.73. The molecule has 2 aromatic carbocycles. The van der Waals surface area contributed by atoms with Crippen LogP contribution in [0.1, 0.15) is 24.2 Å². The van der Waals surface area contributed by atoms with Crippen molar-refractivity contribution < 1.29 is 13.2 Å². The number of nitrogens with one attached hydrogen (secondary N) is 1. The van der Waals surface area contributed by atoms with Gasteiger partial charge < -0.3 is 10.2 Å². The third kappa shape index (κ3) is 4.80. The molecule has 146 valence electrons. The molecule has 0 saturated heterocycles. The Morgan fingerprint density at radius 1 is 1.07 bits per heavy atom. The van der Waals surface area contributed by atoms with Crippen LogP contribution in [-0.4, -0.2) is 45.8 Å². The molecule has 0 aliphatic heterocycles. The number of carbonyl (C=O) groups is 1. The first kappa shape index (κ1) is 21.2. The topological polar surface area (TPSA) is 69.7 Å². The highest BCUT2D eigenvalue weighted by Gasteiger charge is 2.25. The minimum atomic E-state index is -3.73. The average Bonchev–Trinajstić information content (AvgIpc) is 2.64. The van der Waals surface area contributed by atoms with E-state index in [-0.39, 0.29) is 15.8 Å². The summed E-state index contributed by atoms with van der Waals surface area (Å²) in [6.45, 7) is 4.20. The van der Waals surface area contributed by atoms with Crippen LogP contribution in [0.3, 0.4) is 0 Å². The van der Waals surface area contributed by atoms with Gasteiger partial charge in [0, 0.05) is 44.1 Å². The minimum absolute atomic E-state index is 0.0206. The first-order valence-corrected chi connectivity index (χ1v) is 10.4. The number of nitrogens with zero attached hydrogens (tertiary/aromatic N) is 2. The molecule has 0 aliphatic rings. The van der Waals surface area contributed by atoms with Gasteiger partial charge in [-0.25, -0.2) is 8.42 Å². The van der Waals surface area contributed by atoms with E-state index < -0.39 is 10.0 Å². The molecule has 0 unspecified atom stereocenters. The largest absolute Gasteiger partial charge is 0.378 e. The summed E-state index contributed by atoms with van der Waals surface area (Å²) >= 11 is 6.12. The lowest BCUT2D eigenvalue weighted by molar-refractivity contribution is 0.102. The summed E-state index contributed by atoms with van der Waals surface area (Å²) in [6.07, 6.45) is 0. The molecule has 0 radical (unpaired) electrons. The first-order chi connectivity index (χ1) is 12.7. The van der Waals surface area contributed by atoms with Gasteiger partial charge in [-0.15, -0.1) is 0 Å². The molecule has 1 N–H and O–H groups in total. The van der Waals surface area contributed by atoms with E-state index in [2.05, 4.69) is 5.32 Å². The monoisotopic (exact) mass is 409 g/mol. The van der Waals surface area contributed by atoms with Crippen LogP contribution in [0.25, 0.3) is 0 Å². The number of rotatable bonds is 7. The Hall–Kier alpha value is -2.09. The highest BCUT2D eigenvalue weighted by Crippen LogP contribution is 2.28. The summed E-state index contributed by atoms with van der Waals surface area (Å²) in [7, 11) is 0.0496. The van der Waals surface area contributed by atoms with Crippen LogP contribution in [0.5, 0.6) is 0 Å². The van der Waals surface area contributed by atoms with Gasteiger partial charge in [0.15, 0.2) is 0 Å². The van der Waals surface area contributed by atoms with Gasteiger partial charge in [0.05, 0.1) is 5.02 Å². The van der Waals surface area contributed by atoms with Crippen LogP contribution in [0.2, 0.25) is 5.02 Å². The maximum Gasteiger partial charge on any atom is 0.255 e. The van der Waals surface area contributed by atoms with Crippen molar-refractivity contribution in [3.05, 3.63) is 53.1 Å². The van der Waals surface area contributed by atoms with E-state index in [1.54, 1.807) is 38.1 Å². The van der Waals surface area contributed by atoms with Crippen molar-refractivity contribution >= 4 is 38.9 Å². The van der Waals surface area contributed by atoms with Crippen LogP contribution in [0.4, 0.5) is 11.4 Å². The Balaban J connectivity index is 2.33. The maximum absolute atomic E-state index is 12.8. The van der Waals surface area contributed by atoms with E-state index in [1.807, 2.05) is 25.1 Å². The molecule has 6 nitrogen and oxygen atoms in total. The zero-order chi connectivity index (χ0) is 20.2. The fraction of sp³-hybridized carbons (Fsp3) is 0.316. The summed E-state index contributed by atoms with van der Waals surface area (Å²) in [4.78, 5) is 14.4. The third-order valence-electron chi connectivity index (χ3n) is 4.14. The Morgan fingerprint density at radius 3 is 2.33 bits per heavy atom. The molecule has 0 bridgehead atoms. The number of sulfonamides is 1. The van der Waals surface area contributed by atoms with Gasteiger partial charge in [0.1, 0.15) is 4.90 Å². The Kier molecular flexibility index (Phi) is 6.86. The van der Waals surface area contributed by atoms with Crippen molar-refractivity contribution in [2.75, 3.05) is 37.4 Å². The van der Waals surface area contributed by atoms with Crippen molar-refractivity contribution in [2.45, 2.75) is 18.7 Å². The van der Waals surface area contributed by atoms with Gasteiger partial charge >= 0.3 is 0 Å². The highest BCUT2D eigenvalue weighted by molar-refractivity contribution is 7.89. The van der Waals surface area contributed by atoms with Crippen LogP contribution >= 0.6 is 11.6 Å². The van der Waals surface area contributed by atoms with E-state index in [1.165, 1.54) is 16.4 Å². The lowest BCUT2D eigenvalue weighted by Crippen LogP contribution is -2.30. The van der Waals surface area contributed by atoms with Gasteiger partial charge in [0.2, 0.25) is 10.0 Å². The van der Waals surface area contributed by atoms with E-state index in [4.69, 9.17) is 11.6 Å². The van der Waals surface area contributed by atoms with E-state index >= 15 is 0 Å². The summed E-state index contributed by atoms with van der Waals surface area (Å²) < 4.78 is 26.9. The molecule has 0 aliphatic carbocycles. The Bertz CT molecular complexity index is 926. The molecule has 2 rings (SSSR count). The molecular weight excluding hydrogens is 386 g/mol. The van der Waals surface area contributed by atoms with Crippen molar-refractivity contribution in [1.82, 2.24) is 4.31 Å². The second-order valence-corrected chi connectivity index (χ2v) is 8.45. The summed E-state index contributed by atoms with van der Waals surface area (Å²) in [5.74, 6) is -0.327. The molecule has 27 heavy (non-hydrogen) atoms. The smallest absolute Gasteiger partial charge is 0.255 e. The fourth-order valence-corrected chi connectivity index (χ4v) is 4.57. The van der Waals surface area contributed by atoms with Crippen LogP contribution in [0, 0.1) is 0 Å².